The number of hydrogen-bond donors (Lipinski definition) is 0. The summed E-state index contributed by atoms with van der Waals surface area (Å²) in [5.74, 6) is -4.25. The summed E-state index contributed by atoms with van der Waals surface area (Å²) in [6, 6.07) is 8.18. The van der Waals surface area contributed by atoms with Gasteiger partial charge in [-0.1, -0.05) is 40.9 Å². The highest BCUT2D eigenvalue weighted by atomic mass is 19.4. The summed E-state index contributed by atoms with van der Waals surface area (Å²) in [6.45, 7) is 17.5. The van der Waals surface area contributed by atoms with Crippen molar-refractivity contribution < 1.29 is 59.3 Å². The highest BCUT2D eigenvalue weighted by Crippen LogP contribution is 2.43. The first-order chi connectivity index (χ1) is 21.4. The summed E-state index contributed by atoms with van der Waals surface area (Å²) in [6.07, 6.45) is -13.8. The van der Waals surface area contributed by atoms with Crippen molar-refractivity contribution in [2.45, 2.75) is 59.9 Å². The molecule has 0 saturated heterocycles. The molecule has 0 atom stereocenters. The molecule has 0 heterocycles. The zero-order valence-corrected chi connectivity index (χ0v) is 25.9. The van der Waals surface area contributed by atoms with Crippen molar-refractivity contribution in [3.63, 3.8) is 0 Å². The molecular formula is C33H33F7O6. The third kappa shape index (κ3) is 11.0. The Bertz CT molecular complexity index is 1500. The summed E-state index contributed by atoms with van der Waals surface area (Å²) in [7, 11) is 0. The predicted octanol–water partition coefficient (Wildman–Crippen LogP) is 9.98. The van der Waals surface area contributed by atoms with Gasteiger partial charge in [0.05, 0.1) is 11.1 Å². The van der Waals surface area contributed by atoms with E-state index in [0.29, 0.717) is 12.1 Å². The summed E-state index contributed by atoms with van der Waals surface area (Å²) < 4.78 is 119. The number of carbonyl (C=O) groups is 2. The molecule has 0 bridgehead atoms. The number of rotatable bonds is 10. The first kappa shape index (κ1) is 39.2. The Morgan fingerprint density at radius 3 is 1.26 bits per heavy atom. The SMILES string of the molecule is C=C(C)C(=O)Oc1ccc(C(F)(F)Oc2ccc(OC(F)(F)c3ccc(OC(=O)C(=C)C)cc3)c(C(F)(F)F)c2)cc1.CC.CC. The summed E-state index contributed by atoms with van der Waals surface area (Å²) in [4.78, 5) is 23.1. The lowest BCUT2D eigenvalue weighted by atomic mass is 10.1. The molecule has 3 aromatic carbocycles. The van der Waals surface area contributed by atoms with Gasteiger partial charge in [0, 0.05) is 11.1 Å². The van der Waals surface area contributed by atoms with Crippen LogP contribution in [0.5, 0.6) is 23.0 Å². The van der Waals surface area contributed by atoms with Crippen molar-refractivity contribution in [2.75, 3.05) is 0 Å². The van der Waals surface area contributed by atoms with Gasteiger partial charge in [-0.05, 0) is 80.6 Å². The quantitative estimate of drug-likeness (QED) is 0.0935. The van der Waals surface area contributed by atoms with E-state index < -0.39 is 58.5 Å². The van der Waals surface area contributed by atoms with Crippen molar-refractivity contribution in [3.8, 4) is 23.0 Å². The Morgan fingerprint density at radius 2 is 0.913 bits per heavy atom. The van der Waals surface area contributed by atoms with Crippen LogP contribution >= 0.6 is 0 Å². The topological polar surface area (TPSA) is 71.1 Å². The van der Waals surface area contributed by atoms with E-state index in [1.807, 2.05) is 27.7 Å². The smallest absolute Gasteiger partial charge is 0.426 e. The number of esters is 2. The van der Waals surface area contributed by atoms with Crippen LogP contribution in [0, 0.1) is 0 Å². The van der Waals surface area contributed by atoms with Crippen molar-refractivity contribution >= 4 is 11.9 Å². The van der Waals surface area contributed by atoms with Crippen molar-refractivity contribution in [3.05, 3.63) is 108 Å². The average Bonchev–Trinajstić information content (AvgIpc) is 2.99. The van der Waals surface area contributed by atoms with Gasteiger partial charge < -0.3 is 18.9 Å². The fraction of sp³-hybridized carbons (Fsp3) is 0.273. The van der Waals surface area contributed by atoms with Crippen LogP contribution in [0.4, 0.5) is 30.7 Å². The molecule has 3 rings (SSSR count). The van der Waals surface area contributed by atoms with E-state index >= 15 is 0 Å². The fourth-order valence-corrected chi connectivity index (χ4v) is 3.11. The lowest BCUT2D eigenvalue weighted by molar-refractivity contribution is -0.193. The molecule has 13 heteroatoms. The molecule has 0 aliphatic carbocycles. The summed E-state index contributed by atoms with van der Waals surface area (Å²) >= 11 is 0. The predicted molar refractivity (Wildman–Crippen MR) is 157 cm³/mol. The first-order valence-electron chi connectivity index (χ1n) is 13.7. The molecule has 0 spiro atoms. The molecule has 0 N–H and O–H groups in total. The molecule has 0 fully saturated rings. The van der Waals surface area contributed by atoms with E-state index in [1.165, 1.54) is 13.8 Å². The molecule has 0 aliphatic rings. The van der Waals surface area contributed by atoms with Gasteiger partial charge in [0.2, 0.25) is 0 Å². The van der Waals surface area contributed by atoms with Crippen LogP contribution in [0.2, 0.25) is 0 Å². The van der Waals surface area contributed by atoms with E-state index in [4.69, 9.17) is 9.47 Å². The van der Waals surface area contributed by atoms with Crippen LogP contribution in [0.3, 0.4) is 0 Å². The largest absolute Gasteiger partial charge is 0.429 e. The standard InChI is InChI=1S/C29H21F7O6.2C2H6/c1-16(2)25(37)39-20-9-5-18(6-10-20)28(33,34)41-22-13-14-24(23(15-22)27(30,31)32)42-29(35,36)19-7-11-21(12-8-19)40-26(38)17(3)4;2*1-2/h5-15H,1,3H2,2,4H3;2*1-2H3. The molecule has 0 aliphatic heterocycles. The zero-order valence-electron chi connectivity index (χ0n) is 25.9. The van der Waals surface area contributed by atoms with Crippen LogP contribution in [-0.4, -0.2) is 11.9 Å². The minimum atomic E-state index is -5.31. The number of hydrogen-bond acceptors (Lipinski definition) is 6. The molecule has 46 heavy (non-hydrogen) atoms. The van der Waals surface area contributed by atoms with E-state index in [0.717, 1.165) is 48.5 Å². The molecule has 0 aromatic heterocycles. The van der Waals surface area contributed by atoms with Gasteiger partial charge in [-0.3, -0.25) is 0 Å². The van der Waals surface area contributed by atoms with Gasteiger partial charge in [0.15, 0.2) is 0 Å². The normalized spacial score (nSPS) is 11.1. The average molecular weight is 659 g/mol. The second kappa shape index (κ2) is 16.5. The number of alkyl halides is 7. The Morgan fingerprint density at radius 1 is 0.565 bits per heavy atom. The number of ether oxygens (including phenoxy) is 4. The van der Waals surface area contributed by atoms with Gasteiger partial charge in [-0.15, -0.1) is 0 Å². The van der Waals surface area contributed by atoms with E-state index in [9.17, 15) is 40.3 Å². The second-order valence-electron chi connectivity index (χ2n) is 8.78. The van der Waals surface area contributed by atoms with Crippen molar-refractivity contribution in [1.29, 1.82) is 0 Å². The number of benzene rings is 3. The Hall–Kier alpha value is -4.81. The van der Waals surface area contributed by atoms with Gasteiger partial charge in [-0.2, -0.15) is 30.7 Å². The van der Waals surface area contributed by atoms with Crippen molar-refractivity contribution in [1.82, 2.24) is 0 Å². The van der Waals surface area contributed by atoms with Crippen LogP contribution < -0.4 is 18.9 Å². The van der Waals surface area contributed by atoms with Crippen LogP contribution in [-0.2, 0) is 28.0 Å². The molecule has 0 amide bonds. The maximum Gasteiger partial charge on any atom is 0.426 e. The summed E-state index contributed by atoms with van der Waals surface area (Å²) in [5, 5.41) is 0. The fourth-order valence-electron chi connectivity index (χ4n) is 3.11. The van der Waals surface area contributed by atoms with Crippen LogP contribution in [0.1, 0.15) is 58.2 Å². The first-order valence-corrected chi connectivity index (χ1v) is 13.7. The third-order valence-corrected chi connectivity index (χ3v) is 5.24. The molecule has 6 nitrogen and oxygen atoms in total. The van der Waals surface area contributed by atoms with Gasteiger partial charge in [0.25, 0.3) is 0 Å². The van der Waals surface area contributed by atoms with E-state index in [2.05, 4.69) is 22.6 Å². The van der Waals surface area contributed by atoms with Gasteiger partial charge in [-0.25, -0.2) is 9.59 Å². The van der Waals surface area contributed by atoms with E-state index in [1.54, 1.807) is 0 Å². The highest BCUT2D eigenvalue weighted by molar-refractivity contribution is 5.89. The van der Waals surface area contributed by atoms with Crippen molar-refractivity contribution in [2.24, 2.45) is 0 Å². The lowest BCUT2D eigenvalue weighted by Crippen LogP contribution is -2.24. The minimum Gasteiger partial charge on any atom is -0.429 e. The summed E-state index contributed by atoms with van der Waals surface area (Å²) in [5.41, 5.74) is -3.43. The Labute approximate surface area is 262 Å². The van der Waals surface area contributed by atoms with Gasteiger partial charge in [0.1, 0.15) is 28.6 Å². The molecule has 3 aromatic rings. The maximum absolute atomic E-state index is 14.8. The molecule has 0 radical (unpaired) electrons. The molecule has 0 saturated carbocycles. The zero-order chi connectivity index (χ0) is 35.5. The number of halogens is 7. The Balaban J connectivity index is 0.00000254. The maximum atomic E-state index is 14.8. The molecule has 250 valence electrons. The van der Waals surface area contributed by atoms with E-state index in [-0.39, 0.29) is 28.7 Å². The second-order valence-corrected chi connectivity index (χ2v) is 8.78. The highest BCUT2D eigenvalue weighted by Gasteiger charge is 2.42. The third-order valence-electron chi connectivity index (χ3n) is 5.24. The van der Waals surface area contributed by atoms with Gasteiger partial charge >= 0.3 is 30.3 Å². The molecule has 0 unspecified atom stereocenters. The Kier molecular flexibility index (Phi) is 14.1. The lowest BCUT2D eigenvalue weighted by Gasteiger charge is -2.23. The monoisotopic (exact) mass is 658 g/mol. The number of carbonyl (C=O) groups excluding carboxylic acids is 2. The molecular weight excluding hydrogens is 625 g/mol. The minimum absolute atomic E-state index is 0.0390. The van der Waals surface area contributed by atoms with Crippen LogP contribution in [0.25, 0.3) is 0 Å². The van der Waals surface area contributed by atoms with Crippen LogP contribution in [0.15, 0.2) is 91.0 Å².